The van der Waals surface area contributed by atoms with Crippen LogP contribution in [0.5, 0.6) is 0 Å². The Hall–Kier alpha value is -0.570. The maximum absolute atomic E-state index is 5.50. The monoisotopic (exact) mass is 211 g/mol. The zero-order valence-electron chi connectivity index (χ0n) is 10.1. The van der Waals surface area contributed by atoms with E-state index in [-0.39, 0.29) is 0 Å². The van der Waals surface area contributed by atoms with Gasteiger partial charge in [-0.05, 0) is 18.8 Å². The van der Waals surface area contributed by atoms with Gasteiger partial charge in [-0.25, -0.2) is 5.84 Å². The van der Waals surface area contributed by atoms with Gasteiger partial charge in [0.1, 0.15) is 5.84 Å². The van der Waals surface area contributed by atoms with Crippen LogP contribution in [0.15, 0.2) is 4.99 Å². The maximum atomic E-state index is 5.50. The molecule has 1 rings (SSSR count). The first-order chi connectivity index (χ1) is 7.22. The second-order valence-electron chi connectivity index (χ2n) is 4.96. The number of amidine groups is 1. The molecule has 0 spiro atoms. The van der Waals surface area contributed by atoms with E-state index in [1.807, 2.05) is 0 Å². The molecule has 0 saturated heterocycles. The van der Waals surface area contributed by atoms with E-state index in [0.29, 0.717) is 12.0 Å². The van der Waals surface area contributed by atoms with Crippen LogP contribution in [0.3, 0.4) is 0 Å². The number of nitrogens with zero attached hydrogens (tertiary/aromatic N) is 1. The Labute approximate surface area is 93.5 Å². The van der Waals surface area contributed by atoms with Crippen molar-refractivity contribution in [1.82, 2.24) is 5.43 Å². The Morgan fingerprint density at radius 1 is 1.27 bits per heavy atom. The molecule has 1 aliphatic rings. The fourth-order valence-electron chi connectivity index (χ4n) is 2.14. The zero-order chi connectivity index (χ0) is 11.1. The van der Waals surface area contributed by atoms with Gasteiger partial charge in [-0.15, -0.1) is 0 Å². The molecule has 0 aromatic rings. The Morgan fingerprint density at radius 2 is 1.87 bits per heavy atom. The van der Waals surface area contributed by atoms with Crippen molar-refractivity contribution in [3.63, 3.8) is 0 Å². The largest absolute Gasteiger partial charge is 0.312 e. The number of hydrogen-bond acceptors (Lipinski definition) is 2. The lowest BCUT2D eigenvalue weighted by molar-refractivity contribution is 0.574. The predicted octanol–water partition coefficient (Wildman–Crippen LogP) is 2.62. The van der Waals surface area contributed by atoms with Gasteiger partial charge in [0, 0.05) is 6.42 Å². The lowest BCUT2D eigenvalue weighted by atomic mass is 10.1. The molecule has 15 heavy (non-hydrogen) atoms. The topological polar surface area (TPSA) is 50.4 Å². The SMILES string of the molecule is CC(C)CC(=NC1CCCCCC1)NN. The summed E-state index contributed by atoms with van der Waals surface area (Å²) in [5, 5.41) is 0. The van der Waals surface area contributed by atoms with Crippen LogP contribution in [0.25, 0.3) is 0 Å². The van der Waals surface area contributed by atoms with Crippen molar-refractivity contribution >= 4 is 5.84 Å². The first-order valence-electron chi connectivity index (χ1n) is 6.25. The number of hydrogen-bond donors (Lipinski definition) is 2. The number of rotatable bonds is 3. The summed E-state index contributed by atoms with van der Waals surface area (Å²) in [5.41, 5.74) is 2.75. The highest BCUT2D eigenvalue weighted by molar-refractivity contribution is 5.81. The van der Waals surface area contributed by atoms with Crippen LogP contribution in [0.2, 0.25) is 0 Å². The summed E-state index contributed by atoms with van der Waals surface area (Å²) in [6.07, 6.45) is 8.85. The molecule has 0 heterocycles. The summed E-state index contributed by atoms with van der Waals surface area (Å²) in [7, 11) is 0. The Bertz CT molecular complexity index is 191. The van der Waals surface area contributed by atoms with E-state index < -0.39 is 0 Å². The lowest BCUT2D eigenvalue weighted by Gasteiger charge is -2.13. The quantitative estimate of drug-likeness (QED) is 0.248. The van der Waals surface area contributed by atoms with Gasteiger partial charge in [0.25, 0.3) is 0 Å². The van der Waals surface area contributed by atoms with E-state index in [2.05, 4.69) is 19.3 Å². The number of hydrazine groups is 1. The van der Waals surface area contributed by atoms with E-state index in [9.17, 15) is 0 Å². The highest BCUT2D eigenvalue weighted by Gasteiger charge is 2.12. The zero-order valence-corrected chi connectivity index (χ0v) is 10.1. The minimum absolute atomic E-state index is 0.511. The van der Waals surface area contributed by atoms with Crippen LogP contribution in [-0.4, -0.2) is 11.9 Å². The van der Waals surface area contributed by atoms with E-state index in [1.165, 1.54) is 38.5 Å². The van der Waals surface area contributed by atoms with Crippen molar-refractivity contribution in [3.8, 4) is 0 Å². The highest BCUT2D eigenvalue weighted by atomic mass is 15.3. The van der Waals surface area contributed by atoms with E-state index in [4.69, 9.17) is 10.8 Å². The minimum atomic E-state index is 0.511. The number of nitrogens with two attached hydrogens (primary N) is 1. The van der Waals surface area contributed by atoms with Gasteiger partial charge < -0.3 is 5.43 Å². The lowest BCUT2D eigenvalue weighted by Crippen LogP contribution is -2.32. The van der Waals surface area contributed by atoms with Gasteiger partial charge in [-0.3, -0.25) is 4.99 Å². The van der Waals surface area contributed by atoms with Gasteiger partial charge in [-0.2, -0.15) is 0 Å². The fourth-order valence-corrected chi connectivity index (χ4v) is 2.14. The molecule has 3 nitrogen and oxygen atoms in total. The molecule has 0 aromatic carbocycles. The summed E-state index contributed by atoms with van der Waals surface area (Å²) >= 11 is 0. The summed E-state index contributed by atoms with van der Waals surface area (Å²) in [5.74, 6) is 7.10. The van der Waals surface area contributed by atoms with Crippen molar-refractivity contribution in [2.75, 3.05) is 0 Å². The molecule has 0 radical (unpaired) electrons. The van der Waals surface area contributed by atoms with Crippen molar-refractivity contribution in [2.45, 2.75) is 64.8 Å². The summed E-state index contributed by atoms with van der Waals surface area (Å²) in [4.78, 5) is 4.73. The van der Waals surface area contributed by atoms with E-state index >= 15 is 0 Å². The van der Waals surface area contributed by atoms with Crippen LogP contribution in [0.4, 0.5) is 0 Å². The molecular formula is C12H25N3. The first kappa shape index (κ1) is 12.5. The number of nitrogens with one attached hydrogen (secondary N) is 1. The summed E-state index contributed by atoms with van der Waals surface area (Å²) < 4.78 is 0. The molecule has 0 atom stereocenters. The minimum Gasteiger partial charge on any atom is -0.312 e. The molecule has 0 aromatic heterocycles. The third kappa shape index (κ3) is 5.17. The highest BCUT2D eigenvalue weighted by Crippen LogP contribution is 2.20. The Kier molecular flexibility index (Phi) is 5.69. The molecule has 88 valence electrons. The van der Waals surface area contributed by atoms with Gasteiger partial charge in [0.2, 0.25) is 0 Å². The molecule has 3 heteroatoms. The standard InChI is InChI=1S/C12H25N3/c1-10(2)9-12(15-13)14-11-7-5-3-4-6-8-11/h10-11H,3-9,13H2,1-2H3,(H,14,15). The number of aliphatic imine (C=N–C) groups is 1. The summed E-state index contributed by atoms with van der Waals surface area (Å²) in [6.45, 7) is 4.39. The fraction of sp³-hybridized carbons (Fsp3) is 0.917. The van der Waals surface area contributed by atoms with Gasteiger partial charge in [0.05, 0.1) is 6.04 Å². The normalized spacial score (nSPS) is 20.4. The van der Waals surface area contributed by atoms with Crippen LogP contribution in [0.1, 0.15) is 58.8 Å². The first-order valence-corrected chi connectivity index (χ1v) is 6.25. The van der Waals surface area contributed by atoms with E-state index in [0.717, 1.165) is 12.3 Å². The van der Waals surface area contributed by atoms with Gasteiger partial charge in [-0.1, -0.05) is 39.5 Å². The van der Waals surface area contributed by atoms with Crippen LogP contribution in [0, 0.1) is 5.92 Å². The van der Waals surface area contributed by atoms with Crippen LogP contribution >= 0.6 is 0 Å². The third-order valence-electron chi connectivity index (χ3n) is 2.93. The third-order valence-corrected chi connectivity index (χ3v) is 2.93. The molecule has 0 unspecified atom stereocenters. The van der Waals surface area contributed by atoms with Crippen molar-refractivity contribution in [2.24, 2.45) is 16.8 Å². The smallest absolute Gasteiger partial charge is 0.111 e. The molecule has 1 fully saturated rings. The second-order valence-corrected chi connectivity index (χ2v) is 4.96. The maximum Gasteiger partial charge on any atom is 0.111 e. The molecule has 0 amide bonds. The predicted molar refractivity (Wildman–Crippen MR) is 65.7 cm³/mol. The van der Waals surface area contributed by atoms with Crippen molar-refractivity contribution in [1.29, 1.82) is 0 Å². The molecule has 1 aliphatic carbocycles. The summed E-state index contributed by atoms with van der Waals surface area (Å²) in [6, 6.07) is 0.511. The molecule has 3 N–H and O–H groups in total. The van der Waals surface area contributed by atoms with Crippen molar-refractivity contribution in [3.05, 3.63) is 0 Å². The van der Waals surface area contributed by atoms with Crippen LogP contribution in [-0.2, 0) is 0 Å². The molecule has 0 bridgehead atoms. The van der Waals surface area contributed by atoms with Gasteiger partial charge in [0.15, 0.2) is 0 Å². The molecular weight excluding hydrogens is 186 g/mol. The van der Waals surface area contributed by atoms with Crippen molar-refractivity contribution < 1.29 is 0 Å². The van der Waals surface area contributed by atoms with Gasteiger partial charge >= 0.3 is 0 Å². The molecule has 0 aliphatic heterocycles. The van der Waals surface area contributed by atoms with E-state index in [1.54, 1.807) is 0 Å². The molecule has 1 saturated carbocycles. The Morgan fingerprint density at radius 3 is 2.33 bits per heavy atom. The Balaban J connectivity index is 2.48. The average molecular weight is 211 g/mol. The average Bonchev–Trinajstić information content (AvgIpc) is 2.44. The van der Waals surface area contributed by atoms with Crippen LogP contribution < -0.4 is 11.3 Å². The second kappa shape index (κ2) is 6.83.